The van der Waals surface area contributed by atoms with E-state index in [4.69, 9.17) is 0 Å². The minimum atomic E-state index is 0.602. The van der Waals surface area contributed by atoms with Gasteiger partial charge >= 0.3 is 0 Å². The van der Waals surface area contributed by atoms with E-state index in [1.165, 1.54) is 16.3 Å². The van der Waals surface area contributed by atoms with Crippen molar-refractivity contribution in [2.75, 3.05) is 19.6 Å². The molecule has 22 heavy (non-hydrogen) atoms. The van der Waals surface area contributed by atoms with E-state index in [1.807, 2.05) is 6.21 Å². The van der Waals surface area contributed by atoms with E-state index in [0.29, 0.717) is 9.84 Å². The molecule has 2 aliphatic carbocycles. The molecule has 0 aliphatic heterocycles. The number of hydrogen-bond acceptors (Lipinski definition) is 2. The lowest BCUT2D eigenvalue weighted by Crippen LogP contribution is -2.25. The molecule has 2 atom stereocenters. The lowest BCUT2D eigenvalue weighted by molar-refractivity contribution is 0.563. The zero-order valence-electron chi connectivity index (χ0n) is 12.0. The van der Waals surface area contributed by atoms with Crippen LogP contribution in [0, 0.1) is 5.92 Å². The Morgan fingerprint density at radius 3 is 2.64 bits per heavy atom. The quantitative estimate of drug-likeness (QED) is 0.159. The Bertz CT molecular complexity index is 546. The maximum absolute atomic E-state index is 4.56. The molecule has 2 unspecified atom stereocenters. The summed E-state index contributed by atoms with van der Waals surface area (Å²) in [6.07, 6.45) is 13.5. The Morgan fingerprint density at radius 2 is 1.91 bits per heavy atom. The molecule has 0 bridgehead atoms. The number of nitrogens with zero attached hydrogens (tertiary/aromatic N) is 1. The molecule has 2 nitrogen and oxygen atoms in total. The first kappa shape index (κ1) is 19.8. The summed E-state index contributed by atoms with van der Waals surface area (Å²) in [6, 6.07) is 0. The van der Waals surface area contributed by atoms with Gasteiger partial charge in [0.1, 0.15) is 0 Å². The molecular formula is C16H18I4N2. The summed E-state index contributed by atoms with van der Waals surface area (Å²) in [7, 11) is 0. The van der Waals surface area contributed by atoms with Crippen LogP contribution in [0.3, 0.4) is 0 Å². The molecule has 0 fully saturated rings. The second-order valence-electron chi connectivity index (χ2n) is 5.34. The van der Waals surface area contributed by atoms with Gasteiger partial charge in [-0.15, -0.1) is 0 Å². The normalized spacial score (nSPS) is 25.6. The molecule has 1 N–H and O–H groups in total. The van der Waals surface area contributed by atoms with Gasteiger partial charge in [-0.1, -0.05) is 34.7 Å². The number of alkyl halides is 1. The Morgan fingerprint density at radius 1 is 1.14 bits per heavy atom. The number of nitrogens with one attached hydrogen (secondary N) is 1. The van der Waals surface area contributed by atoms with Crippen LogP contribution in [0.1, 0.15) is 12.8 Å². The molecule has 0 saturated carbocycles. The highest BCUT2D eigenvalue weighted by Gasteiger charge is 2.12. The molecule has 0 aromatic heterocycles. The first-order chi connectivity index (χ1) is 10.5. The molecule has 2 rings (SSSR count). The van der Waals surface area contributed by atoms with Crippen molar-refractivity contribution in [1.82, 2.24) is 5.32 Å². The van der Waals surface area contributed by atoms with Crippen LogP contribution in [-0.4, -0.2) is 29.8 Å². The van der Waals surface area contributed by atoms with E-state index in [9.17, 15) is 0 Å². The molecule has 0 spiro atoms. The largest absolute Gasteiger partial charge is 0.314 e. The molecule has 2 aliphatic rings. The van der Waals surface area contributed by atoms with E-state index in [1.54, 1.807) is 0 Å². The Hall–Kier alpha value is 1.51. The van der Waals surface area contributed by atoms with Crippen LogP contribution in [0.2, 0.25) is 0 Å². The molecule has 0 aromatic carbocycles. The van der Waals surface area contributed by atoms with Crippen molar-refractivity contribution in [2.45, 2.75) is 16.8 Å². The van der Waals surface area contributed by atoms with Gasteiger partial charge in [0, 0.05) is 30.4 Å². The minimum absolute atomic E-state index is 0.602. The minimum Gasteiger partial charge on any atom is -0.314 e. The van der Waals surface area contributed by atoms with Crippen molar-refractivity contribution in [3.63, 3.8) is 0 Å². The van der Waals surface area contributed by atoms with Crippen LogP contribution in [0.15, 0.2) is 45.6 Å². The second kappa shape index (κ2) is 10.5. The standard InChI is InChI=1S/C16H18I4N2/c17-13-3-11(4-14(18)7-13)9-21-1-2-22-10-12-5-15(19)8-16(20)6-12/h3,5,7-9,12,14,22H,1-2,4,6,10H2. The number of allylic oxidation sites excluding steroid dienone is 7. The van der Waals surface area contributed by atoms with E-state index in [0.717, 1.165) is 32.5 Å². The summed E-state index contributed by atoms with van der Waals surface area (Å²) in [4.78, 5) is 4.56. The number of rotatable bonds is 6. The highest BCUT2D eigenvalue weighted by molar-refractivity contribution is 14.1. The van der Waals surface area contributed by atoms with Gasteiger partial charge in [-0.25, -0.2) is 0 Å². The predicted octanol–water partition coefficient (Wildman–Crippen LogP) is 5.76. The summed E-state index contributed by atoms with van der Waals surface area (Å²) < 4.78 is 4.74. The third-order valence-electron chi connectivity index (χ3n) is 3.32. The predicted molar refractivity (Wildman–Crippen MR) is 131 cm³/mol. The molecule has 120 valence electrons. The summed E-state index contributed by atoms with van der Waals surface area (Å²) in [5.74, 6) is 0.625. The summed E-state index contributed by atoms with van der Waals surface area (Å²) in [5.41, 5.74) is 1.34. The van der Waals surface area contributed by atoms with Gasteiger partial charge in [0.2, 0.25) is 0 Å². The van der Waals surface area contributed by atoms with Crippen molar-refractivity contribution >= 4 is 96.6 Å². The molecular weight excluding hydrogens is 728 g/mol. The molecule has 0 radical (unpaired) electrons. The zero-order chi connectivity index (χ0) is 15.9. The Balaban J connectivity index is 1.65. The maximum atomic E-state index is 4.56. The van der Waals surface area contributed by atoms with Gasteiger partial charge in [-0.05, 0) is 108 Å². The van der Waals surface area contributed by atoms with Gasteiger partial charge in [0.25, 0.3) is 0 Å². The van der Waals surface area contributed by atoms with Gasteiger partial charge in [0.05, 0.1) is 6.54 Å². The maximum Gasteiger partial charge on any atom is 0.0514 e. The van der Waals surface area contributed by atoms with Crippen molar-refractivity contribution in [3.05, 3.63) is 40.6 Å². The van der Waals surface area contributed by atoms with Crippen LogP contribution in [0.4, 0.5) is 0 Å². The van der Waals surface area contributed by atoms with Crippen LogP contribution in [-0.2, 0) is 0 Å². The smallest absolute Gasteiger partial charge is 0.0514 e. The zero-order valence-corrected chi connectivity index (χ0v) is 20.7. The number of hydrogen-bond donors (Lipinski definition) is 1. The summed E-state index contributed by atoms with van der Waals surface area (Å²) >= 11 is 9.71. The van der Waals surface area contributed by atoms with Gasteiger partial charge in [0.15, 0.2) is 0 Å². The first-order valence-corrected chi connectivity index (χ1v) is 11.7. The summed E-state index contributed by atoms with van der Waals surface area (Å²) in [6.45, 7) is 2.84. The SMILES string of the molecule is IC1=CC(I)CC(C=NCCNCC2C=C(I)C=C(I)C2)=C1. The monoisotopic (exact) mass is 746 g/mol. The topological polar surface area (TPSA) is 24.4 Å². The molecule has 0 amide bonds. The molecule has 6 heteroatoms. The lowest BCUT2D eigenvalue weighted by atomic mass is 10.0. The van der Waals surface area contributed by atoms with Crippen molar-refractivity contribution in [3.8, 4) is 0 Å². The van der Waals surface area contributed by atoms with Crippen molar-refractivity contribution in [1.29, 1.82) is 0 Å². The average Bonchev–Trinajstić information content (AvgIpc) is 2.40. The fourth-order valence-corrected chi connectivity index (χ4v) is 7.17. The van der Waals surface area contributed by atoms with E-state index >= 15 is 0 Å². The van der Waals surface area contributed by atoms with Crippen LogP contribution in [0.5, 0.6) is 0 Å². The Labute approximate surface area is 187 Å². The van der Waals surface area contributed by atoms with E-state index in [2.05, 4.69) is 125 Å². The third kappa shape index (κ3) is 7.60. The van der Waals surface area contributed by atoms with Crippen LogP contribution >= 0.6 is 90.4 Å². The number of aliphatic imine (C=N–C) groups is 1. The highest BCUT2D eigenvalue weighted by atomic mass is 127. The van der Waals surface area contributed by atoms with Crippen LogP contribution < -0.4 is 5.32 Å². The Kier molecular flexibility index (Phi) is 9.45. The van der Waals surface area contributed by atoms with Gasteiger partial charge < -0.3 is 5.32 Å². The second-order valence-corrected chi connectivity index (χ2v) is 10.8. The fraction of sp³-hybridized carbons (Fsp3) is 0.438. The average molecular weight is 746 g/mol. The molecule has 0 saturated heterocycles. The third-order valence-corrected chi connectivity index (χ3v) is 6.22. The summed E-state index contributed by atoms with van der Waals surface area (Å²) in [5, 5.41) is 3.53. The van der Waals surface area contributed by atoms with E-state index in [-0.39, 0.29) is 0 Å². The molecule has 0 aromatic rings. The van der Waals surface area contributed by atoms with Crippen LogP contribution in [0.25, 0.3) is 0 Å². The highest BCUT2D eigenvalue weighted by Crippen LogP contribution is 2.29. The lowest BCUT2D eigenvalue weighted by Gasteiger charge is -2.17. The molecule has 0 heterocycles. The van der Waals surface area contributed by atoms with Crippen molar-refractivity contribution < 1.29 is 0 Å². The van der Waals surface area contributed by atoms with E-state index < -0.39 is 0 Å². The van der Waals surface area contributed by atoms with Gasteiger partial charge in [-0.3, -0.25) is 4.99 Å². The first-order valence-electron chi connectivity index (χ1n) is 7.19. The number of halogens is 4. The fourth-order valence-electron chi connectivity index (χ4n) is 2.37. The van der Waals surface area contributed by atoms with Crippen molar-refractivity contribution in [2.24, 2.45) is 10.9 Å². The van der Waals surface area contributed by atoms with Gasteiger partial charge in [-0.2, -0.15) is 0 Å².